The maximum atomic E-state index is 14.6. The third kappa shape index (κ3) is 3.81. The van der Waals surface area contributed by atoms with Crippen LogP contribution in [0.2, 0.25) is 0 Å². The van der Waals surface area contributed by atoms with E-state index in [-0.39, 0.29) is 12.0 Å². The van der Waals surface area contributed by atoms with E-state index in [2.05, 4.69) is 25.6 Å². The molecule has 2 fully saturated rings. The third-order valence-electron chi connectivity index (χ3n) is 6.89. The zero-order valence-corrected chi connectivity index (χ0v) is 18.2. The van der Waals surface area contributed by atoms with Crippen molar-refractivity contribution in [3.8, 4) is 22.5 Å². The molecule has 1 aromatic carbocycles. The normalized spacial score (nSPS) is 28.6. The van der Waals surface area contributed by atoms with Crippen LogP contribution in [0.5, 0.6) is 0 Å². The molecule has 170 valence electrons. The molecule has 1 aliphatic carbocycles. The van der Waals surface area contributed by atoms with Crippen LogP contribution in [0.15, 0.2) is 48.7 Å². The van der Waals surface area contributed by atoms with Gasteiger partial charge in [-0.2, -0.15) is 5.21 Å². The number of hydrogen-bond acceptors (Lipinski definition) is 6. The zero-order valence-electron chi connectivity index (χ0n) is 18.2. The highest BCUT2D eigenvalue weighted by molar-refractivity contribution is 5.80. The molecule has 9 heteroatoms. The number of tetrazole rings is 1. The van der Waals surface area contributed by atoms with Crippen molar-refractivity contribution in [1.82, 2.24) is 25.6 Å². The Morgan fingerprint density at radius 2 is 1.94 bits per heavy atom. The van der Waals surface area contributed by atoms with Gasteiger partial charge < -0.3 is 4.74 Å². The lowest BCUT2D eigenvalue weighted by atomic mass is 9.64. The quantitative estimate of drug-likeness (QED) is 0.591. The summed E-state index contributed by atoms with van der Waals surface area (Å²) in [5.41, 5.74) is 3.24. The molecule has 0 radical (unpaired) electrons. The molecule has 0 bridgehead atoms. The predicted octanol–water partition coefficient (Wildman–Crippen LogP) is 4.41. The molecule has 33 heavy (non-hydrogen) atoms. The lowest BCUT2D eigenvalue weighted by Gasteiger charge is -2.41. The fraction of sp³-hybridized carbons (Fsp3) is 0.375. The first-order chi connectivity index (χ1) is 15.8. The van der Waals surface area contributed by atoms with Gasteiger partial charge in [-0.15, -0.1) is 10.2 Å². The molecule has 1 saturated carbocycles. The van der Waals surface area contributed by atoms with E-state index in [1.54, 1.807) is 32.2 Å². The number of H-pyrrole nitrogens is 1. The first kappa shape index (κ1) is 21.4. The van der Waals surface area contributed by atoms with Gasteiger partial charge in [-0.25, -0.2) is 8.78 Å². The molecular formula is C24H23F2N5O2. The summed E-state index contributed by atoms with van der Waals surface area (Å²) in [6, 6.07) is 11.4. The predicted molar refractivity (Wildman–Crippen MR) is 117 cm³/mol. The zero-order chi connectivity index (χ0) is 23.2. The first-order valence-corrected chi connectivity index (χ1v) is 10.9. The number of cyclic esters (lactones) is 1. The van der Waals surface area contributed by atoms with E-state index in [1.807, 2.05) is 36.4 Å². The summed E-state index contributed by atoms with van der Waals surface area (Å²) in [6.45, 7) is 3.33. The summed E-state index contributed by atoms with van der Waals surface area (Å²) >= 11 is 0. The number of aromatic nitrogens is 5. The van der Waals surface area contributed by atoms with E-state index < -0.39 is 36.1 Å². The van der Waals surface area contributed by atoms with Crippen LogP contribution in [0, 0.1) is 23.7 Å². The van der Waals surface area contributed by atoms with Crippen LogP contribution >= 0.6 is 0 Å². The summed E-state index contributed by atoms with van der Waals surface area (Å²) in [4.78, 5) is 16.6. The number of rotatable bonds is 4. The number of carbonyl (C=O) groups is 1. The summed E-state index contributed by atoms with van der Waals surface area (Å²) < 4.78 is 34.6. The molecule has 0 spiro atoms. The van der Waals surface area contributed by atoms with Gasteiger partial charge >= 0.3 is 5.97 Å². The molecule has 0 amide bonds. The van der Waals surface area contributed by atoms with Crippen molar-refractivity contribution in [2.45, 2.75) is 32.3 Å². The van der Waals surface area contributed by atoms with E-state index in [0.29, 0.717) is 11.5 Å². The number of fused-ring (bicyclic) bond motifs is 1. The number of halogens is 2. The average molecular weight is 451 g/mol. The van der Waals surface area contributed by atoms with E-state index in [4.69, 9.17) is 4.74 Å². The van der Waals surface area contributed by atoms with Crippen LogP contribution in [0.4, 0.5) is 8.78 Å². The Bertz CT molecular complexity index is 1180. The molecule has 2 aromatic heterocycles. The van der Waals surface area contributed by atoms with Crippen molar-refractivity contribution in [3.05, 3.63) is 54.4 Å². The molecule has 7 nitrogen and oxygen atoms in total. The van der Waals surface area contributed by atoms with E-state index >= 15 is 0 Å². The van der Waals surface area contributed by atoms with Crippen LogP contribution in [0.25, 0.3) is 28.6 Å². The van der Waals surface area contributed by atoms with E-state index in [1.165, 1.54) is 0 Å². The minimum absolute atomic E-state index is 0.260. The van der Waals surface area contributed by atoms with Crippen LogP contribution in [0.3, 0.4) is 0 Å². The Kier molecular flexibility index (Phi) is 5.26. The molecule has 2 aliphatic rings. The van der Waals surface area contributed by atoms with Gasteiger partial charge in [0.1, 0.15) is 6.10 Å². The highest BCUT2D eigenvalue weighted by Crippen LogP contribution is 2.52. The summed E-state index contributed by atoms with van der Waals surface area (Å²) in [7, 11) is 0. The highest BCUT2D eigenvalue weighted by Gasteiger charge is 2.59. The summed E-state index contributed by atoms with van der Waals surface area (Å²) in [6.07, 6.45) is 4.42. The lowest BCUT2D eigenvalue weighted by Crippen LogP contribution is -2.46. The van der Waals surface area contributed by atoms with Crippen LogP contribution in [-0.4, -0.2) is 43.6 Å². The van der Waals surface area contributed by atoms with Crippen molar-refractivity contribution in [2.24, 2.45) is 23.7 Å². The maximum Gasteiger partial charge on any atom is 0.309 e. The minimum atomic E-state index is -2.92. The van der Waals surface area contributed by atoms with Gasteiger partial charge in [0.05, 0.1) is 11.6 Å². The fourth-order valence-electron chi connectivity index (χ4n) is 5.10. The Morgan fingerprint density at radius 3 is 2.64 bits per heavy atom. The number of nitrogens with zero attached hydrogens (tertiary/aromatic N) is 4. The Labute approximate surface area is 189 Å². The Morgan fingerprint density at radius 1 is 1.15 bits per heavy atom. The molecule has 5 atom stereocenters. The van der Waals surface area contributed by atoms with Crippen molar-refractivity contribution < 1.29 is 18.3 Å². The number of carbonyl (C=O) groups excluding carboxylic acids is 1. The Hall–Kier alpha value is -3.49. The summed E-state index contributed by atoms with van der Waals surface area (Å²) in [5.74, 6) is -5.36. The van der Waals surface area contributed by atoms with Crippen molar-refractivity contribution in [2.75, 3.05) is 0 Å². The standard InChI is InChI=1S/C24H23F2N5O2/c1-13-17(21-14(2)33-23(32)20(21)11-24(13,25)26)10-9-16-8-7-15(12-27-16)18-5-3-4-6-19(18)22-28-30-31-29-22/h3-10,12-14,17,20-21H,11H2,1-2H3,(H,28,29,30,31)/b10-9+/t13-,14+,17-,20+,21-/m0/s1. The topological polar surface area (TPSA) is 93.7 Å². The third-order valence-corrected chi connectivity index (χ3v) is 6.89. The number of ether oxygens (including phenoxy) is 1. The number of nitrogens with one attached hydrogen (secondary N) is 1. The van der Waals surface area contributed by atoms with Crippen LogP contribution in [-0.2, 0) is 9.53 Å². The number of aromatic amines is 1. The van der Waals surface area contributed by atoms with Gasteiger partial charge in [0.15, 0.2) is 0 Å². The molecule has 0 unspecified atom stereocenters. The second-order valence-corrected chi connectivity index (χ2v) is 8.77. The van der Waals surface area contributed by atoms with E-state index in [9.17, 15) is 13.6 Å². The largest absolute Gasteiger partial charge is 0.462 e. The minimum Gasteiger partial charge on any atom is -0.462 e. The molecular weight excluding hydrogens is 428 g/mol. The van der Waals surface area contributed by atoms with Crippen molar-refractivity contribution in [3.63, 3.8) is 0 Å². The molecule has 1 aliphatic heterocycles. The first-order valence-electron chi connectivity index (χ1n) is 10.9. The average Bonchev–Trinajstić information content (AvgIpc) is 3.43. The second kappa shape index (κ2) is 8.13. The SMILES string of the molecule is C[C@H]1OC(=O)[C@@H]2CC(F)(F)[C@@H](C)[C@H](/C=C/c3ccc(-c4ccccc4-c4nn[nH]n4)cn3)[C@H]12. The fourth-order valence-corrected chi connectivity index (χ4v) is 5.10. The molecule has 1 N–H and O–H groups in total. The number of benzene rings is 1. The number of hydrogen-bond donors (Lipinski definition) is 1. The van der Waals surface area contributed by atoms with Gasteiger partial charge in [-0.1, -0.05) is 43.3 Å². The smallest absolute Gasteiger partial charge is 0.309 e. The van der Waals surface area contributed by atoms with Gasteiger partial charge in [0.25, 0.3) is 5.92 Å². The highest BCUT2D eigenvalue weighted by atomic mass is 19.3. The van der Waals surface area contributed by atoms with Gasteiger partial charge in [0.2, 0.25) is 5.82 Å². The number of esters is 1. The van der Waals surface area contributed by atoms with Crippen LogP contribution in [0.1, 0.15) is 26.0 Å². The number of allylic oxidation sites excluding steroid dienone is 1. The van der Waals surface area contributed by atoms with Gasteiger partial charge in [-0.05, 0) is 35.8 Å². The van der Waals surface area contributed by atoms with Gasteiger partial charge in [0, 0.05) is 35.6 Å². The second-order valence-electron chi connectivity index (χ2n) is 8.77. The number of alkyl halides is 2. The lowest BCUT2D eigenvalue weighted by molar-refractivity contribution is -0.152. The molecule has 1 saturated heterocycles. The summed E-state index contributed by atoms with van der Waals surface area (Å²) in [5, 5.41) is 14.2. The molecule has 5 rings (SSSR count). The van der Waals surface area contributed by atoms with Crippen molar-refractivity contribution in [1.29, 1.82) is 0 Å². The van der Waals surface area contributed by atoms with E-state index in [0.717, 1.165) is 16.7 Å². The van der Waals surface area contributed by atoms with Gasteiger partial charge in [-0.3, -0.25) is 9.78 Å². The monoisotopic (exact) mass is 451 g/mol. The van der Waals surface area contributed by atoms with Crippen LogP contribution < -0.4 is 0 Å². The number of pyridine rings is 1. The molecule has 3 heterocycles. The molecule has 3 aromatic rings. The maximum absolute atomic E-state index is 14.6. The van der Waals surface area contributed by atoms with Crippen molar-refractivity contribution >= 4 is 12.0 Å². The Balaban J connectivity index is 1.41.